The van der Waals surface area contributed by atoms with E-state index < -0.39 is 0 Å². The van der Waals surface area contributed by atoms with Gasteiger partial charge >= 0.3 is 0 Å². The van der Waals surface area contributed by atoms with Crippen LogP contribution in [0.1, 0.15) is 67.6 Å². The molecular formula is C28H30N2O3. The molecule has 1 aliphatic heterocycles. The van der Waals surface area contributed by atoms with E-state index in [0.717, 1.165) is 42.6 Å². The third-order valence-corrected chi connectivity index (χ3v) is 7.05. The highest BCUT2D eigenvalue weighted by molar-refractivity contribution is 6.06. The molecule has 2 aliphatic rings. The Balaban J connectivity index is 1.57. The second kappa shape index (κ2) is 9.26. The molecule has 3 aromatic rings. The van der Waals surface area contributed by atoms with Gasteiger partial charge in [-0.2, -0.15) is 0 Å². The van der Waals surface area contributed by atoms with Gasteiger partial charge < -0.3 is 14.2 Å². The first-order valence-electron chi connectivity index (χ1n) is 12.0. The first-order valence-corrected chi connectivity index (χ1v) is 12.0. The number of hydrogen-bond acceptors (Lipinski definition) is 3. The van der Waals surface area contributed by atoms with Crippen LogP contribution in [0.3, 0.4) is 0 Å². The molecule has 1 fully saturated rings. The zero-order valence-electron chi connectivity index (χ0n) is 19.0. The van der Waals surface area contributed by atoms with Crippen molar-refractivity contribution >= 4 is 23.2 Å². The molecule has 0 saturated heterocycles. The molecule has 5 nitrogen and oxygen atoms in total. The Hall–Kier alpha value is -3.34. The summed E-state index contributed by atoms with van der Waals surface area (Å²) in [6.45, 7) is 2.05. The summed E-state index contributed by atoms with van der Waals surface area (Å²) in [5, 5.41) is 0. The second-order valence-electron chi connectivity index (χ2n) is 9.19. The van der Waals surface area contributed by atoms with Crippen LogP contribution >= 0.6 is 0 Å². The number of anilines is 2. The monoisotopic (exact) mass is 442 g/mol. The fourth-order valence-electron chi connectivity index (χ4n) is 5.45. The van der Waals surface area contributed by atoms with Crippen molar-refractivity contribution in [3.63, 3.8) is 0 Å². The molecule has 2 unspecified atom stereocenters. The minimum absolute atomic E-state index is 0.0594. The minimum atomic E-state index is -0.150. The average Bonchev–Trinajstić information content (AvgIpc) is 3.40. The first-order chi connectivity index (χ1) is 16.1. The Morgan fingerprint density at radius 2 is 1.64 bits per heavy atom. The van der Waals surface area contributed by atoms with Crippen LogP contribution in [0.25, 0.3) is 0 Å². The van der Waals surface area contributed by atoms with E-state index in [0.29, 0.717) is 12.2 Å². The first kappa shape index (κ1) is 21.5. The molecule has 33 heavy (non-hydrogen) atoms. The molecule has 1 aromatic heterocycles. The average molecular weight is 443 g/mol. The van der Waals surface area contributed by atoms with Crippen molar-refractivity contribution in [2.75, 3.05) is 9.80 Å². The highest BCUT2D eigenvalue weighted by atomic mass is 16.3. The minimum Gasteiger partial charge on any atom is -0.459 e. The standard InChI is InChI=1S/C28H30N2O3/c1-20-19-25(23-15-8-9-16-24(23)29(20)28(32)26-17-10-18-33-26)30(22-13-6-3-7-14-22)27(31)21-11-4-2-5-12-21/h3,6-10,13-18,20-21,25H,2,4-5,11-12,19H2,1H3. The van der Waals surface area contributed by atoms with Gasteiger partial charge in [0, 0.05) is 23.3 Å². The molecule has 0 N–H and O–H groups in total. The van der Waals surface area contributed by atoms with E-state index in [1.807, 2.05) is 58.3 Å². The normalized spacial score (nSPS) is 20.8. The molecule has 1 aliphatic carbocycles. The van der Waals surface area contributed by atoms with Gasteiger partial charge in [0.1, 0.15) is 0 Å². The number of furan rings is 1. The van der Waals surface area contributed by atoms with Crippen LogP contribution in [-0.4, -0.2) is 17.9 Å². The highest BCUT2D eigenvalue weighted by Crippen LogP contribution is 2.44. The number of nitrogens with zero attached hydrogens (tertiary/aromatic N) is 2. The van der Waals surface area contributed by atoms with E-state index >= 15 is 0 Å². The molecule has 0 bridgehead atoms. The molecule has 0 radical (unpaired) electrons. The number of carbonyl (C=O) groups is 2. The maximum Gasteiger partial charge on any atom is 0.294 e. The van der Waals surface area contributed by atoms with Crippen molar-refractivity contribution in [1.29, 1.82) is 0 Å². The maximum absolute atomic E-state index is 13.9. The van der Waals surface area contributed by atoms with E-state index in [1.54, 1.807) is 12.1 Å². The van der Waals surface area contributed by atoms with Gasteiger partial charge in [-0.15, -0.1) is 0 Å². The number of para-hydroxylation sites is 2. The smallest absolute Gasteiger partial charge is 0.294 e. The molecule has 5 rings (SSSR count). The van der Waals surface area contributed by atoms with Crippen LogP contribution in [0.5, 0.6) is 0 Å². The van der Waals surface area contributed by atoms with Crippen molar-refractivity contribution in [2.45, 2.75) is 57.5 Å². The Morgan fingerprint density at radius 1 is 0.909 bits per heavy atom. The fraction of sp³-hybridized carbons (Fsp3) is 0.357. The number of fused-ring (bicyclic) bond motifs is 1. The van der Waals surface area contributed by atoms with Crippen LogP contribution < -0.4 is 9.80 Å². The van der Waals surface area contributed by atoms with Gasteiger partial charge in [0.2, 0.25) is 5.91 Å². The van der Waals surface area contributed by atoms with Crippen molar-refractivity contribution in [1.82, 2.24) is 0 Å². The van der Waals surface area contributed by atoms with Crippen molar-refractivity contribution in [3.8, 4) is 0 Å². The lowest BCUT2D eigenvalue weighted by atomic mass is 9.85. The van der Waals surface area contributed by atoms with Gasteiger partial charge in [0.05, 0.1) is 12.3 Å². The van der Waals surface area contributed by atoms with Crippen LogP contribution in [0, 0.1) is 5.92 Å². The van der Waals surface area contributed by atoms with E-state index in [4.69, 9.17) is 4.42 Å². The van der Waals surface area contributed by atoms with Crippen molar-refractivity contribution < 1.29 is 14.0 Å². The largest absolute Gasteiger partial charge is 0.459 e. The van der Waals surface area contributed by atoms with E-state index in [1.165, 1.54) is 12.7 Å². The molecule has 2 heterocycles. The number of amides is 2. The van der Waals surface area contributed by atoms with Crippen LogP contribution in [0.15, 0.2) is 77.4 Å². The summed E-state index contributed by atoms with van der Waals surface area (Å²) >= 11 is 0. The summed E-state index contributed by atoms with van der Waals surface area (Å²) < 4.78 is 5.42. The highest BCUT2D eigenvalue weighted by Gasteiger charge is 2.40. The lowest BCUT2D eigenvalue weighted by molar-refractivity contribution is -0.123. The van der Waals surface area contributed by atoms with Crippen LogP contribution in [-0.2, 0) is 4.79 Å². The SMILES string of the molecule is CC1CC(N(C(=O)C2CCCCC2)c2ccccc2)c2ccccc2N1C(=O)c1ccco1. The Bertz CT molecular complexity index is 1100. The Morgan fingerprint density at radius 3 is 2.36 bits per heavy atom. The zero-order valence-corrected chi connectivity index (χ0v) is 19.0. The topological polar surface area (TPSA) is 53.8 Å². The molecule has 2 aromatic carbocycles. The molecule has 0 spiro atoms. The second-order valence-corrected chi connectivity index (χ2v) is 9.19. The van der Waals surface area contributed by atoms with Gasteiger partial charge in [-0.1, -0.05) is 55.7 Å². The lowest BCUT2D eigenvalue weighted by Crippen LogP contribution is -2.49. The van der Waals surface area contributed by atoms with Crippen molar-refractivity contribution in [3.05, 3.63) is 84.3 Å². The van der Waals surface area contributed by atoms with Gasteiger partial charge in [-0.25, -0.2) is 0 Å². The molecular weight excluding hydrogens is 412 g/mol. The predicted octanol–water partition coefficient (Wildman–Crippen LogP) is 6.37. The van der Waals surface area contributed by atoms with E-state index in [2.05, 4.69) is 13.0 Å². The molecule has 2 amide bonds. The maximum atomic E-state index is 13.9. The number of rotatable bonds is 4. The van der Waals surface area contributed by atoms with Gasteiger partial charge in [0.25, 0.3) is 5.91 Å². The molecule has 170 valence electrons. The summed E-state index contributed by atoms with van der Waals surface area (Å²) in [6, 6.07) is 21.2. The third-order valence-electron chi connectivity index (χ3n) is 7.05. The number of benzene rings is 2. The molecule has 1 saturated carbocycles. The van der Waals surface area contributed by atoms with Gasteiger partial charge in [0.15, 0.2) is 5.76 Å². The Labute approximate surface area is 195 Å². The van der Waals surface area contributed by atoms with E-state index in [9.17, 15) is 9.59 Å². The van der Waals surface area contributed by atoms with E-state index in [-0.39, 0.29) is 29.8 Å². The van der Waals surface area contributed by atoms with Crippen LogP contribution in [0.2, 0.25) is 0 Å². The molecule has 2 atom stereocenters. The summed E-state index contributed by atoms with van der Waals surface area (Å²) in [7, 11) is 0. The quantitative estimate of drug-likeness (QED) is 0.471. The van der Waals surface area contributed by atoms with Crippen LogP contribution in [0.4, 0.5) is 11.4 Å². The summed E-state index contributed by atoms with van der Waals surface area (Å²) in [6.07, 6.45) is 7.53. The fourth-order valence-corrected chi connectivity index (χ4v) is 5.45. The number of hydrogen-bond donors (Lipinski definition) is 0. The summed E-state index contributed by atoms with van der Waals surface area (Å²) in [5.74, 6) is 0.444. The summed E-state index contributed by atoms with van der Waals surface area (Å²) in [5.41, 5.74) is 2.77. The predicted molar refractivity (Wildman–Crippen MR) is 129 cm³/mol. The molecule has 5 heteroatoms. The van der Waals surface area contributed by atoms with Gasteiger partial charge in [-0.05, 0) is 62.1 Å². The number of carbonyl (C=O) groups excluding carboxylic acids is 2. The van der Waals surface area contributed by atoms with Crippen molar-refractivity contribution in [2.24, 2.45) is 5.92 Å². The summed E-state index contributed by atoms with van der Waals surface area (Å²) in [4.78, 5) is 31.1. The third kappa shape index (κ3) is 4.08. The Kier molecular flexibility index (Phi) is 6.03. The zero-order chi connectivity index (χ0) is 22.8. The van der Waals surface area contributed by atoms with Gasteiger partial charge in [-0.3, -0.25) is 9.59 Å². The lowest BCUT2D eigenvalue weighted by Gasteiger charge is -2.44.